The molecule has 0 bridgehead atoms. The van der Waals surface area contributed by atoms with Gasteiger partial charge in [0.05, 0.1) is 5.56 Å². The number of ketones is 1. The van der Waals surface area contributed by atoms with Crippen LogP contribution in [-0.2, 0) is 6.18 Å². The second kappa shape index (κ2) is 9.20. The predicted octanol–water partition coefficient (Wildman–Crippen LogP) is 5.26. The van der Waals surface area contributed by atoms with E-state index in [-0.39, 0.29) is 17.9 Å². The molecule has 0 aliphatic heterocycles. The van der Waals surface area contributed by atoms with Gasteiger partial charge in [0.25, 0.3) is 5.56 Å². The molecule has 2 aromatic heterocycles. The lowest BCUT2D eigenvalue weighted by atomic mass is 9.86. The summed E-state index contributed by atoms with van der Waals surface area (Å²) < 4.78 is 39.0. The van der Waals surface area contributed by atoms with E-state index in [2.05, 4.69) is 15.0 Å². The van der Waals surface area contributed by atoms with Crippen molar-refractivity contribution in [3.05, 3.63) is 118 Å². The molecule has 0 radical (unpaired) electrons. The maximum absolute atomic E-state index is 13.2. The van der Waals surface area contributed by atoms with Crippen LogP contribution in [0.1, 0.15) is 39.5 Å². The van der Waals surface area contributed by atoms with E-state index in [1.165, 1.54) is 12.1 Å². The molecule has 0 saturated heterocycles. The number of hydrogen-bond donors (Lipinski definition) is 1. The Hall–Kier alpha value is -4.07. The minimum absolute atomic E-state index is 0.0106. The smallest absolute Gasteiger partial charge is 0.306 e. The topological polar surface area (TPSA) is 75.7 Å². The summed E-state index contributed by atoms with van der Waals surface area (Å²) in [5, 5.41) is 0. The summed E-state index contributed by atoms with van der Waals surface area (Å²) in [6.07, 6.45) is -1.44. The van der Waals surface area contributed by atoms with E-state index >= 15 is 0 Å². The Balaban J connectivity index is 1.68. The Kier molecular flexibility index (Phi) is 6.17. The van der Waals surface area contributed by atoms with Gasteiger partial charge in [-0.15, -0.1) is 0 Å². The molecule has 0 saturated carbocycles. The molecule has 1 atom stereocenters. The van der Waals surface area contributed by atoms with Crippen molar-refractivity contribution in [2.24, 2.45) is 0 Å². The van der Waals surface area contributed by atoms with Gasteiger partial charge in [-0.3, -0.25) is 14.6 Å². The molecule has 2 heterocycles. The van der Waals surface area contributed by atoms with Crippen molar-refractivity contribution in [3.63, 3.8) is 0 Å². The van der Waals surface area contributed by atoms with Gasteiger partial charge in [-0.2, -0.15) is 13.2 Å². The maximum Gasteiger partial charge on any atom is 0.416 e. The third-order valence-corrected chi connectivity index (χ3v) is 5.21. The van der Waals surface area contributed by atoms with E-state index < -0.39 is 29.0 Å². The lowest BCUT2D eigenvalue weighted by Crippen LogP contribution is -2.16. The minimum Gasteiger partial charge on any atom is -0.306 e. The number of aromatic amines is 1. The van der Waals surface area contributed by atoms with Crippen LogP contribution in [0.2, 0.25) is 0 Å². The van der Waals surface area contributed by atoms with E-state index in [1.54, 1.807) is 48.8 Å². The molecule has 0 aliphatic carbocycles. The first-order valence-electron chi connectivity index (χ1n) is 10.1. The fourth-order valence-corrected chi connectivity index (χ4v) is 3.55. The number of halogens is 3. The molecule has 33 heavy (non-hydrogen) atoms. The highest BCUT2D eigenvalue weighted by atomic mass is 19.4. The van der Waals surface area contributed by atoms with Crippen LogP contribution in [0.25, 0.3) is 11.4 Å². The lowest BCUT2D eigenvalue weighted by molar-refractivity contribution is -0.137. The number of pyridine rings is 1. The first kappa shape index (κ1) is 22.1. The SMILES string of the molecule is O=C(CC(c1ccncc1)c1ccc(C(F)(F)F)cc1)c1cc(=O)[nH]c(-c2ccccc2)n1. The first-order chi connectivity index (χ1) is 15.8. The van der Waals surface area contributed by atoms with Crippen LogP contribution >= 0.6 is 0 Å². The monoisotopic (exact) mass is 449 g/mol. The van der Waals surface area contributed by atoms with Crippen molar-refractivity contribution >= 4 is 5.78 Å². The number of rotatable bonds is 6. The number of Topliss-reactive ketones (excluding diaryl/α,β-unsaturated/α-hetero) is 1. The zero-order chi connectivity index (χ0) is 23.4. The summed E-state index contributed by atoms with van der Waals surface area (Å²) in [6, 6.07) is 18.2. The van der Waals surface area contributed by atoms with Gasteiger partial charge in [-0.25, -0.2) is 4.98 Å². The summed E-state index contributed by atoms with van der Waals surface area (Å²) >= 11 is 0. The van der Waals surface area contributed by atoms with Crippen molar-refractivity contribution in [2.45, 2.75) is 18.5 Å². The largest absolute Gasteiger partial charge is 0.416 e. The fraction of sp³-hybridized carbons (Fsp3) is 0.120. The average Bonchev–Trinajstić information content (AvgIpc) is 2.82. The van der Waals surface area contributed by atoms with Gasteiger partial charge in [-0.1, -0.05) is 42.5 Å². The van der Waals surface area contributed by atoms with Crippen LogP contribution < -0.4 is 5.56 Å². The summed E-state index contributed by atoms with van der Waals surface area (Å²) in [7, 11) is 0. The number of carbonyl (C=O) groups is 1. The molecule has 0 aliphatic rings. The van der Waals surface area contributed by atoms with Gasteiger partial charge in [-0.05, 0) is 35.4 Å². The molecule has 5 nitrogen and oxygen atoms in total. The number of H-pyrrole nitrogens is 1. The van der Waals surface area contributed by atoms with Crippen LogP contribution in [-0.4, -0.2) is 20.7 Å². The molecule has 0 spiro atoms. The van der Waals surface area contributed by atoms with Gasteiger partial charge < -0.3 is 4.98 Å². The summed E-state index contributed by atoms with van der Waals surface area (Å²) in [5.41, 5.74) is 0.653. The van der Waals surface area contributed by atoms with Crippen molar-refractivity contribution in [3.8, 4) is 11.4 Å². The zero-order valence-electron chi connectivity index (χ0n) is 17.2. The van der Waals surface area contributed by atoms with Gasteiger partial charge in [0.2, 0.25) is 0 Å². The molecule has 2 aromatic carbocycles. The fourth-order valence-electron chi connectivity index (χ4n) is 3.55. The van der Waals surface area contributed by atoms with Crippen molar-refractivity contribution in [1.82, 2.24) is 15.0 Å². The quantitative estimate of drug-likeness (QED) is 0.408. The number of aromatic nitrogens is 3. The normalized spacial score (nSPS) is 12.3. The van der Waals surface area contributed by atoms with Crippen LogP contribution in [0.5, 0.6) is 0 Å². The number of hydrogen-bond acceptors (Lipinski definition) is 4. The zero-order valence-corrected chi connectivity index (χ0v) is 17.2. The van der Waals surface area contributed by atoms with Gasteiger partial charge >= 0.3 is 6.18 Å². The van der Waals surface area contributed by atoms with Crippen LogP contribution in [0.15, 0.2) is 90.0 Å². The third-order valence-electron chi connectivity index (χ3n) is 5.21. The maximum atomic E-state index is 13.2. The predicted molar refractivity (Wildman–Crippen MR) is 117 cm³/mol. The number of alkyl halides is 3. The van der Waals surface area contributed by atoms with Crippen molar-refractivity contribution in [2.75, 3.05) is 0 Å². The molecule has 4 rings (SSSR count). The Morgan fingerprint density at radius 3 is 2.18 bits per heavy atom. The minimum atomic E-state index is -4.46. The van der Waals surface area contributed by atoms with Crippen LogP contribution in [0.4, 0.5) is 13.2 Å². The Morgan fingerprint density at radius 2 is 1.55 bits per heavy atom. The first-order valence-corrected chi connectivity index (χ1v) is 10.1. The highest BCUT2D eigenvalue weighted by Gasteiger charge is 2.30. The molecule has 166 valence electrons. The number of nitrogens with zero attached hydrogens (tertiary/aromatic N) is 2. The van der Waals surface area contributed by atoms with E-state index in [4.69, 9.17) is 0 Å². The second-order valence-electron chi connectivity index (χ2n) is 7.43. The van der Waals surface area contributed by atoms with E-state index in [0.717, 1.165) is 18.2 Å². The highest BCUT2D eigenvalue weighted by molar-refractivity contribution is 5.95. The van der Waals surface area contributed by atoms with Gasteiger partial charge in [0.1, 0.15) is 11.5 Å². The van der Waals surface area contributed by atoms with Crippen LogP contribution in [0, 0.1) is 0 Å². The number of nitrogens with one attached hydrogen (secondary N) is 1. The Labute approximate surface area is 187 Å². The lowest BCUT2D eigenvalue weighted by Gasteiger charge is -2.18. The van der Waals surface area contributed by atoms with Crippen molar-refractivity contribution in [1.29, 1.82) is 0 Å². The van der Waals surface area contributed by atoms with Gasteiger partial charge in [0.15, 0.2) is 5.78 Å². The second-order valence-corrected chi connectivity index (χ2v) is 7.43. The summed E-state index contributed by atoms with van der Waals surface area (Å²) in [6.45, 7) is 0. The van der Waals surface area contributed by atoms with Gasteiger partial charge in [0, 0.05) is 36.4 Å². The molecule has 1 unspecified atom stereocenters. The molecule has 4 aromatic rings. The Morgan fingerprint density at radius 1 is 0.909 bits per heavy atom. The third kappa shape index (κ3) is 5.23. The number of carbonyl (C=O) groups excluding carboxylic acids is 1. The van der Waals surface area contributed by atoms with Crippen LogP contribution in [0.3, 0.4) is 0 Å². The molecular weight excluding hydrogens is 431 g/mol. The molecule has 1 N–H and O–H groups in total. The number of benzene rings is 2. The highest BCUT2D eigenvalue weighted by Crippen LogP contribution is 2.33. The van der Waals surface area contributed by atoms with E-state index in [0.29, 0.717) is 16.7 Å². The van der Waals surface area contributed by atoms with E-state index in [9.17, 15) is 22.8 Å². The summed E-state index contributed by atoms with van der Waals surface area (Å²) in [4.78, 5) is 36.3. The average molecular weight is 449 g/mol. The standard InChI is InChI=1S/C25H18F3N3O2/c26-25(27,28)19-8-6-16(7-9-19)20(17-10-12-29-13-11-17)14-22(32)21-15-23(33)31-24(30-21)18-4-2-1-3-5-18/h1-13,15,20H,14H2,(H,30,31,33). The molecule has 8 heteroatoms. The molecular formula is C25H18F3N3O2. The molecule has 0 fully saturated rings. The Bertz CT molecular complexity index is 1300. The van der Waals surface area contributed by atoms with E-state index in [1.807, 2.05) is 6.07 Å². The molecule has 0 amide bonds. The summed E-state index contributed by atoms with van der Waals surface area (Å²) in [5.74, 6) is -0.675. The van der Waals surface area contributed by atoms with Crippen molar-refractivity contribution < 1.29 is 18.0 Å².